The molecule has 8 heteroatoms. The van der Waals surface area contributed by atoms with Crippen molar-refractivity contribution in [2.75, 3.05) is 13.2 Å². The monoisotopic (exact) mass is 456 g/mol. The Hall–Kier alpha value is -1.97. The molecule has 0 radical (unpaired) electrons. The minimum atomic E-state index is -1.56. The molecule has 5 atom stereocenters. The standard InChI is InChI=1S/C25H32N2O6/c1-14-19-16(15-9-7-8-10-17(15)26(19)6)11-12-27(14)22(28)25-21(32-24(4,5)33-25)20-18(30-25)13-29-23(2,3)31-20/h7-10,14,18,20-21H,11-13H2,1-6H3/t14-,18+,20-,21+,25-/m1/s1. The Balaban J connectivity index is 1.38. The van der Waals surface area contributed by atoms with E-state index < -0.39 is 35.7 Å². The molecule has 0 saturated carbocycles. The van der Waals surface area contributed by atoms with Gasteiger partial charge in [-0.15, -0.1) is 0 Å². The van der Waals surface area contributed by atoms with Crippen molar-refractivity contribution in [2.45, 2.75) is 82.8 Å². The summed E-state index contributed by atoms with van der Waals surface area (Å²) >= 11 is 0. The Morgan fingerprint density at radius 3 is 2.61 bits per heavy atom. The number of amides is 1. The van der Waals surface area contributed by atoms with Gasteiger partial charge >= 0.3 is 0 Å². The minimum absolute atomic E-state index is 0.138. The number of nitrogens with zero attached hydrogens (tertiary/aromatic N) is 2. The zero-order chi connectivity index (χ0) is 23.3. The molecule has 0 spiro atoms. The number of fused-ring (bicyclic) bond motifs is 6. The Kier molecular flexibility index (Phi) is 4.44. The van der Waals surface area contributed by atoms with Crippen molar-refractivity contribution in [2.24, 2.45) is 7.05 Å². The number of rotatable bonds is 1. The quantitative estimate of drug-likeness (QED) is 0.657. The molecule has 33 heavy (non-hydrogen) atoms. The highest BCUT2D eigenvalue weighted by molar-refractivity contribution is 5.89. The molecule has 4 aliphatic heterocycles. The van der Waals surface area contributed by atoms with Crippen molar-refractivity contribution in [3.63, 3.8) is 0 Å². The van der Waals surface area contributed by atoms with Crippen LogP contribution in [0.3, 0.4) is 0 Å². The van der Waals surface area contributed by atoms with Crippen LogP contribution in [-0.2, 0) is 41.9 Å². The van der Waals surface area contributed by atoms with Crippen LogP contribution in [0.15, 0.2) is 24.3 Å². The largest absolute Gasteiger partial charge is 0.348 e. The summed E-state index contributed by atoms with van der Waals surface area (Å²) in [5.74, 6) is -3.52. The maximum absolute atomic E-state index is 14.2. The number of aryl methyl sites for hydroxylation is 1. The first-order valence-electron chi connectivity index (χ1n) is 11.8. The Labute approximate surface area is 193 Å². The highest BCUT2D eigenvalue weighted by Crippen LogP contribution is 2.51. The highest BCUT2D eigenvalue weighted by atomic mass is 16.9. The third-order valence-corrected chi connectivity index (χ3v) is 7.48. The molecule has 5 heterocycles. The Morgan fingerprint density at radius 2 is 1.82 bits per heavy atom. The lowest BCUT2D eigenvalue weighted by Gasteiger charge is -2.39. The SMILES string of the molecule is C[C@@H]1c2c(c3ccccc3n2C)CCN1C(=O)[C@@]12O[C@H]3COC(C)(C)O[C@H]3[C@@H]1OC(C)(C)O2. The third-order valence-electron chi connectivity index (χ3n) is 7.48. The fraction of sp³-hybridized carbons (Fsp3) is 0.640. The van der Waals surface area contributed by atoms with E-state index in [2.05, 4.69) is 36.7 Å². The molecule has 0 N–H and O–H groups in total. The first kappa shape index (κ1) is 21.6. The number of benzene rings is 1. The molecule has 3 saturated heterocycles. The average molecular weight is 457 g/mol. The summed E-state index contributed by atoms with van der Waals surface area (Å²) in [5, 5.41) is 1.25. The lowest BCUT2D eigenvalue weighted by molar-refractivity contribution is -0.325. The molecular weight excluding hydrogens is 424 g/mol. The van der Waals surface area contributed by atoms with Crippen molar-refractivity contribution >= 4 is 16.8 Å². The van der Waals surface area contributed by atoms with E-state index >= 15 is 0 Å². The fourth-order valence-electron chi connectivity index (χ4n) is 6.16. The number of hydrogen-bond acceptors (Lipinski definition) is 6. The van der Waals surface area contributed by atoms with Gasteiger partial charge in [-0.3, -0.25) is 4.79 Å². The van der Waals surface area contributed by atoms with E-state index in [1.165, 1.54) is 16.5 Å². The van der Waals surface area contributed by atoms with Crippen molar-refractivity contribution in [1.29, 1.82) is 0 Å². The zero-order valence-electron chi connectivity index (χ0n) is 20.1. The Morgan fingerprint density at radius 1 is 1.06 bits per heavy atom. The van der Waals surface area contributed by atoms with Crippen molar-refractivity contribution in [3.8, 4) is 0 Å². The van der Waals surface area contributed by atoms with Gasteiger partial charge in [0, 0.05) is 30.2 Å². The summed E-state index contributed by atoms with van der Waals surface area (Å²) in [7, 11) is 2.07. The molecule has 0 aliphatic carbocycles. The molecule has 8 nitrogen and oxygen atoms in total. The second kappa shape index (κ2) is 6.79. The van der Waals surface area contributed by atoms with Gasteiger partial charge in [0.25, 0.3) is 11.7 Å². The summed E-state index contributed by atoms with van der Waals surface area (Å²) in [6.45, 7) is 10.3. The minimum Gasteiger partial charge on any atom is -0.348 e. The van der Waals surface area contributed by atoms with E-state index in [4.69, 9.17) is 23.7 Å². The number of carbonyl (C=O) groups is 1. The summed E-state index contributed by atoms with van der Waals surface area (Å²) < 4.78 is 33.1. The first-order chi connectivity index (χ1) is 15.5. The predicted molar refractivity (Wildman–Crippen MR) is 119 cm³/mol. The maximum atomic E-state index is 14.2. The average Bonchev–Trinajstić information content (AvgIpc) is 3.31. The Bertz CT molecular complexity index is 1140. The lowest BCUT2D eigenvalue weighted by atomic mass is 9.95. The van der Waals surface area contributed by atoms with Gasteiger partial charge in [-0.05, 0) is 52.7 Å². The first-order valence-corrected chi connectivity index (χ1v) is 11.8. The lowest BCUT2D eigenvalue weighted by Crippen LogP contribution is -2.57. The van der Waals surface area contributed by atoms with Gasteiger partial charge in [-0.25, -0.2) is 0 Å². The van der Waals surface area contributed by atoms with E-state index in [0.29, 0.717) is 13.2 Å². The van der Waals surface area contributed by atoms with Crippen LogP contribution in [-0.4, -0.2) is 64.2 Å². The zero-order valence-corrected chi connectivity index (χ0v) is 20.1. The van der Waals surface area contributed by atoms with Crippen molar-refractivity contribution in [3.05, 3.63) is 35.5 Å². The number of para-hydroxylation sites is 1. The van der Waals surface area contributed by atoms with Crippen LogP contribution in [0.5, 0.6) is 0 Å². The van der Waals surface area contributed by atoms with Gasteiger partial charge in [-0.2, -0.15) is 0 Å². The predicted octanol–water partition coefficient (Wildman–Crippen LogP) is 3.02. The topological polar surface area (TPSA) is 71.4 Å². The molecule has 3 fully saturated rings. The van der Waals surface area contributed by atoms with Crippen molar-refractivity contribution in [1.82, 2.24) is 9.47 Å². The molecule has 178 valence electrons. The van der Waals surface area contributed by atoms with Crippen LogP contribution in [0.2, 0.25) is 0 Å². The van der Waals surface area contributed by atoms with Gasteiger partial charge < -0.3 is 33.2 Å². The molecule has 2 aromatic rings. The van der Waals surface area contributed by atoms with Gasteiger partial charge in [-0.1, -0.05) is 18.2 Å². The van der Waals surface area contributed by atoms with E-state index in [9.17, 15) is 4.79 Å². The number of aromatic nitrogens is 1. The summed E-state index contributed by atoms with van der Waals surface area (Å²) in [5.41, 5.74) is 3.64. The fourth-order valence-corrected chi connectivity index (χ4v) is 6.16. The number of ether oxygens (including phenoxy) is 5. The second-order valence-electron chi connectivity index (χ2n) is 10.5. The van der Waals surface area contributed by atoms with Crippen LogP contribution in [0.4, 0.5) is 0 Å². The van der Waals surface area contributed by atoms with Gasteiger partial charge in [0.2, 0.25) is 0 Å². The molecule has 1 aromatic heterocycles. The molecule has 4 aliphatic rings. The molecule has 1 aromatic carbocycles. The molecule has 0 bridgehead atoms. The van der Waals surface area contributed by atoms with Crippen LogP contribution >= 0.6 is 0 Å². The summed E-state index contributed by atoms with van der Waals surface area (Å²) in [4.78, 5) is 16.1. The number of hydrogen-bond donors (Lipinski definition) is 0. The van der Waals surface area contributed by atoms with E-state index in [-0.39, 0.29) is 11.9 Å². The van der Waals surface area contributed by atoms with Gasteiger partial charge in [0.1, 0.15) is 12.2 Å². The van der Waals surface area contributed by atoms with E-state index in [1.54, 1.807) is 0 Å². The molecule has 1 amide bonds. The molecule has 6 rings (SSSR count). The van der Waals surface area contributed by atoms with Crippen LogP contribution < -0.4 is 0 Å². The normalized spacial score (nSPS) is 36.5. The van der Waals surface area contributed by atoms with E-state index in [1.807, 2.05) is 38.7 Å². The van der Waals surface area contributed by atoms with E-state index in [0.717, 1.165) is 12.1 Å². The third kappa shape index (κ3) is 2.98. The second-order valence-corrected chi connectivity index (χ2v) is 10.5. The number of carbonyl (C=O) groups excluding carboxylic acids is 1. The smallest absolute Gasteiger partial charge is 0.286 e. The van der Waals surface area contributed by atoms with Gasteiger partial charge in [0.15, 0.2) is 17.7 Å². The summed E-state index contributed by atoms with van der Waals surface area (Å²) in [6.07, 6.45) is -0.782. The molecular formula is C25H32N2O6. The molecule has 0 unspecified atom stereocenters. The summed E-state index contributed by atoms with van der Waals surface area (Å²) in [6, 6.07) is 8.27. The van der Waals surface area contributed by atoms with Crippen LogP contribution in [0.25, 0.3) is 10.9 Å². The van der Waals surface area contributed by atoms with Crippen molar-refractivity contribution < 1.29 is 28.5 Å². The van der Waals surface area contributed by atoms with Crippen LogP contribution in [0.1, 0.15) is 51.9 Å². The highest BCUT2D eigenvalue weighted by Gasteiger charge is 2.72. The maximum Gasteiger partial charge on any atom is 0.286 e. The van der Waals surface area contributed by atoms with Gasteiger partial charge in [0.05, 0.1) is 12.6 Å². The van der Waals surface area contributed by atoms with Crippen LogP contribution in [0, 0.1) is 0 Å².